The molecule has 1 unspecified atom stereocenters. The number of benzene rings is 1. The summed E-state index contributed by atoms with van der Waals surface area (Å²) < 4.78 is 10.6. The average Bonchev–Trinajstić information content (AvgIpc) is 3.35. The molecule has 1 aliphatic rings. The van der Waals surface area contributed by atoms with Gasteiger partial charge >= 0.3 is 5.97 Å². The van der Waals surface area contributed by atoms with Crippen LogP contribution in [0.1, 0.15) is 34.6 Å². The summed E-state index contributed by atoms with van der Waals surface area (Å²) in [6, 6.07) is 7.05. The number of carbonyl (C=O) groups is 1. The van der Waals surface area contributed by atoms with Crippen molar-refractivity contribution in [3.05, 3.63) is 64.8 Å². The first kappa shape index (κ1) is 23.7. The van der Waals surface area contributed by atoms with Crippen LogP contribution in [0.5, 0.6) is 5.75 Å². The van der Waals surface area contributed by atoms with Gasteiger partial charge in [-0.2, -0.15) is 4.98 Å². The third kappa shape index (κ3) is 5.52. The molecule has 11 heteroatoms. The van der Waals surface area contributed by atoms with Gasteiger partial charge in [-0.15, -0.1) is 0 Å². The summed E-state index contributed by atoms with van der Waals surface area (Å²) in [6.45, 7) is 1.02. The molecule has 4 rings (SSSR count). The zero-order valence-electron chi connectivity index (χ0n) is 18.6. The molecule has 3 heterocycles. The summed E-state index contributed by atoms with van der Waals surface area (Å²) in [5.41, 5.74) is 1.05. The maximum Gasteiger partial charge on any atom is 0.343 e. The maximum atomic E-state index is 12.9. The van der Waals surface area contributed by atoms with E-state index in [1.807, 2.05) is 11.0 Å². The molecule has 34 heavy (non-hydrogen) atoms. The number of esters is 1. The van der Waals surface area contributed by atoms with Crippen molar-refractivity contribution in [2.75, 3.05) is 30.5 Å². The average molecular weight is 485 g/mol. The van der Waals surface area contributed by atoms with Gasteiger partial charge in [-0.1, -0.05) is 17.7 Å². The van der Waals surface area contributed by atoms with Gasteiger partial charge in [-0.05, 0) is 36.6 Å². The monoisotopic (exact) mass is 484 g/mol. The highest BCUT2D eigenvalue weighted by atomic mass is 35.5. The Morgan fingerprint density at radius 2 is 2.12 bits per heavy atom. The van der Waals surface area contributed by atoms with Gasteiger partial charge < -0.3 is 24.8 Å². The van der Waals surface area contributed by atoms with Crippen LogP contribution in [0.4, 0.5) is 11.8 Å². The minimum Gasteiger partial charge on any atom is -0.495 e. The van der Waals surface area contributed by atoms with E-state index in [0.717, 1.165) is 24.9 Å². The lowest BCUT2D eigenvalue weighted by molar-refractivity contribution is 0.0462. The Hall–Kier alpha value is -3.50. The molecule has 0 bridgehead atoms. The summed E-state index contributed by atoms with van der Waals surface area (Å²) in [7, 11) is 1.55. The van der Waals surface area contributed by atoms with Crippen molar-refractivity contribution in [2.45, 2.75) is 32.0 Å². The summed E-state index contributed by atoms with van der Waals surface area (Å²) in [5.74, 6) is 1.12. The van der Waals surface area contributed by atoms with Crippen molar-refractivity contribution in [1.82, 2.24) is 19.9 Å². The van der Waals surface area contributed by atoms with Gasteiger partial charge in [-0.25, -0.2) is 19.7 Å². The Bertz CT molecular complexity index is 1130. The highest BCUT2D eigenvalue weighted by Gasteiger charge is 2.27. The standard InChI is InChI=1S/C23H25ClN6O4/c1-33-19-6-5-15(10-18(19)24)11-27-21-17(22(32)34-14-20-25-7-3-8-26-20)12-28-23(29-21)30-9-2-4-16(30)13-31/h3,5-8,10,12,16,31H,2,4,9,11,13-14H2,1H3,(H,27,28,29). The first-order valence-corrected chi connectivity index (χ1v) is 11.2. The molecule has 0 spiro atoms. The second kappa shape index (κ2) is 11.1. The van der Waals surface area contributed by atoms with Crippen molar-refractivity contribution in [2.24, 2.45) is 0 Å². The molecule has 3 aromatic rings. The molecule has 2 aromatic heterocycles. The van der Waals surface area contributed by atoms with Gasteiger partial charge in [0.25, 0.3) is 0 Å². The van der Waals surface area contributed by atoms with Gasteiger partial charge in [0.05, 0.1) is 24.8 Å². The zero-order valence-corrected chi connectivity index (χ0v) is 19.4. The van der Waals surface area contributed by atoms with Crippen LogP contribution in [0, 0.1) is 0 Å². The van der Waals surface area contributed by atoms with E-state index in [4.69, 9.17) is 21.1 Å². The van der Waals surface area contributed by atoms with Crippen molar-refractivity contribution >= 4 is 29.3 Å². The molecule has 0 amide bonds. The van der Waals surface area contributed by atoms with Crippen molar-refractivity contribution in [3.63, 3.8) is 0 Å². The largest absolute Gasteiger partial charge is 0.495 e. The number of aliphatic hydroxyl groups excluding tert-OH is 1. The molecule has 1 fully saturated rings. The van der Waals surface area contributed by atoms with Crippen LogP contribution in [-0.2, 0) is 17.9 Å². The number of aromatic nitrogens is 4. The second-order valence-electron chi connectivity index (χ2n) is 7.67. The SMILES string of the molecule is COc1ccc(CNc2nc(N3CCCC3CO)ncc2C(=O)OCc2ncccn2)cc1Cl. The number of nitrogens with zero attached hydrogens (tertiary/aromatic N) is 5. The molecule has 0 aliphatic carbocycles. The van der Waals surface area contributed by atoms with Gasteiger partial charge in [-0.3, -0.25) is 0 Å². The molecule has 1 saturated heterocycles. The second-order valence-corrected chi connectivity index (χ2v) is 8.08. The molecule has 10 nitrogen and oxygen atoms in total. The summed E-state index contributed by atoms with van der Waals surface area (Å²) in [5, 5.41) is 13.4. The Morgan fingerprint density at radius 3 is 2.85 bits per heavy atom. The summed E-state index contributed by atoms with van der Waals surface area (Å²) >= 11 is 6.24. The van der Waals surface area contributed by atoms with E-state index < -0.39 is 5.97 Å². The molecule has 0 radical (unpaired) electrons. The number of rotatable bonds is 9. The lowest BCUT2D eigenvalue weighted by Gasteiger charge is -2.23. The van der Waals surface area contributed by atoms with Crippen LogP contribution in [0.3, 0.4) is 0 Å². The lowest BCUT2D eigenvalue weighted by Crippen LogP contribution is -2.33. The normalized spacial score (nSPS) is 15.3. The molecule has 178 valence electrons. The van der Waals surface area contributed by atoms with Crippen LogP contribution < -0.4 is 15.0 Å². The molecule has 0 saturated carbocycles. The smallest absolute Gasteiger partial charge is 0.343 e. The number of ether oxygens (including phenoxy) is 2. The number of carbonyl (C=O) groups excluding carboxylic acids is 1. The zero-order chi connectivity index (χ0) is 23.9. The van der Waals surface area contributed by atoms with Crippen LogP contribution >= 0.6 is 11.6 Å². The lowest BCUT2D eigenvalue weighted by atomic mass is 10.2. The minimum atomic E-state index is -0.602. The molecular formula is C23H25ClN6O4. The molecular weight excluding hydrogens is 460 g/mol. The fourth-order valence-electron chi connectivity index (χ4n) is 3.70. The van der Waals surface area contributed by atoms with E-state index in [1.165, 1.54) is 6.20 Å². The molecule has 1 atom stereocenters. The van der Waals surface area contributed by atoms with E-state index in [1.54, 1.807) is 37.7 Å². The predicted octanol–water partition coefficient (Wildman–Crippen LogP) is 2.86. The number of hydrogen-bond donors (Lipinski definition) is 2. The molecule has 1 aliphatic heterocycles. The van der Waals surface area contributed by atoms with Crippen LogP contribution in [0.25, 0.3) is 0 Å². The van der Waals surface area contributed by atoms with E-state index in [2.05, 4.69) is 25.3 Å². The van der Waals surface area contributed by atoms with Crippen molar-refractivity contribution in [3.8, 4) is 5.75 Å². The van der Waals surface area contributed by atoms with E-state index in [-0.39, 0.29) is 24.8 Å². The highest BCUT2D eigenvalue weighted by Crippen LogP contribution is 2.27. The van der Waals surface area contributed by atoms with Gasteiger partial charge in [0, 0.05) is 31.7 Å². The van der Waals surface area contributed by atoms with E-state index in [9.17, 15) is 9.90 Å². The third-order valence-electron chi connectivity index (χ3n) is 5.47. The van der Waals surface area contributed by atoms with E-state index in [0.29, 0.717) is 34.9 Å². The van der Waals surface area contributed by atoms with E-state index >= 15 is 0 Å². The molecule has 1 aromatic carbocycles. The summed E-state index contributed by atoms with van der Waals surface area (Å²) in [4.78, 5) is 31.9. The quantitative estimate of drug-likeness (QED) is 0.438. The topological polar surface area (TPSA) is 123 Å². The van der Waals surface area contributed by atoms with Crippen LogP contribution in [-0.4, -0.2) is 57.3 Å². The van der Waals surface area contributed by atoms with Crippen molar-refractivity contribution < 1.29 is 19.4 Å². The Labute approximate surface area is 201 Å². The first-order valence-electron chi connectivity index (χ1n) is 10.8. The highest BCUT2D eigenvalue weighted by molar-refractivity contribution is 6.32. The van der Waals surface area contributed by atoms with Gasteiger partial charge in [0.2, 0.25) is 5.95 Å². The Morgan fingerprint density at radius 1 is 1.29 bits per heavy atom. The Kier molecular flexibility index (Phi) is 7.71. The number of aliphatic hydroxyl groups is 1. The number of methoxy groups -OCH3 is 1. The Balaban J connectivity index is 1.56. The predicted molar refractivity (Wildman–Crippen MR) is 126 cm³/mol. The number of nitrogens with one attached hydrogen (secondary N) is 1. The fraction of sp³-hybridized carbons (Fsp3) is 0.348. The third-order valence-corrected chi connectivity index (χ3v) is 5.76. The number of anilines is 2. The fourth-order valence-corrected chi connectivity index (χ4v) is 3.98. The van der Waals surface area contributed by atoms with Crippen molar-refractivity contribution in [1.29, 1.82) is 0 Å². The number of halogens is 1. The maximum absolute atomic E-state index is 12.9. The van der Waals surface area contributed by atoms with Gasteiger partial charge in [0.15, 0.2) is 12.4 Å². The van der Waals surface area contributed by atoms with Crippen LogP contribution in [0.2, 0.25) is 5.02 Å². The van der Waals surface area contributed by atoms with Gasteiger partial charge in [0.1, 0.15) is 17.1 Å². The molecule has 2 N–H and O–H groups in total. The minimum absolute atomic E-state index is 0.0112. The first-order chi connectivity index (χ1) is 16.6. The number of hydrogen-bond acceptors (Lipinski definition) is 10. The summed E-state index contributed by atoms with van der Waals surface area (Å²) in [6.07, 6.45) is 6.38. The van der Waals surface area contributed by atoms with Crippen LogP contribution in [0.15, 0.2) is 42.9 Å².